The number of carbonyl (C=O) groups is 2. The SMILES string of the molecule is CCOc1ccc(NC(=O)COC(=O)/C=C/c2nc3ccccc3s2)cc1. The molecule has 0 saturated heterocycles. The van der Waals surface area contributed by atoms with E-state index in [1.165, 1.54) is 17.4 Å². The van der Waals surface area contributed by atoms with Crippen LogP contribution in [0.3, 0.4) is 0 Å². The number of thiazole rings is 1. The van der Waals surface area contributed by atoms with Crippen molar-refractivity contribution in [1.82, 2.24) is 4.98 Å². The van der Waals surface area contributed by atoms with E-state index < -0.39 is 11.9 Å². The Bertz CT molecular complexity index is 931. The summed E-state index contributed by atoms with van der Waals surface area (Å²) in [7, 11) is 0. The Morgan fingerprint density at radius 2 is 1.93 bits per heavy atom. The van der Waals surface area contributed by atoms with Crippen LogP contribution in [-0.4, -0.2) is 30.1 Å². The van der Waals surface area contributed by atoms with Gasteiger partial charge in [0.2, 0.25) is 0 Å². The van der Waals surface area contributed by atoms with Gasteiger partial charge in [-0.05, 0) is 49.4 Å². The number of hydrogen-bond donors (Lipinski definition) is 1. The minimum Gasteiger partial charge on any atom is -0.494 e. The summed E-state index contributed by atoms with van der Waals surface area (Å²) in [6.45, 7) is 2.11. The highest BCUT2D eigenvalue weighted by molar-refractivity contribution is 7.19. The molecule has 0 aliphatic rings. The molecule has 0 unspecified atom stereocenters. The molecular weight excluding hydrogens is 364 g/mol. The quantitative estimate of drug-likeness (QED) is 0.495. The van der Waals surface area contributed by atoms with Crippen LogP contribution in [0, 0.1) is 0 Å². The van der Waals surface area contributed by atoms with Gasteiger partial charge in [0.15, 0.2) is 6.61 Å². The van der Waals surface area contributed by atoms with Gasteiger partial charge in [-0.15, -0.1) is 11.3 Å². The van der Waals surface area contributed by atoms with E-state index in [1.807, 2.05) is 31.2 Å². The Kier molecular flexibility index (Phi) is 6.17. The Hall–Kier alpha value is -3.19. The summed E-state index contributed by atoms with van der Waals surface area (Å²) in [5.41, 5.74) is 1.48. The molecule has 1 aromatic heterocycles. The number of aromatic nitrogens is 1. The van der Waals surface area contributed by atoms with Crippen LogP contribution >= 0.6 is 11.3 Å². The average molecular weight is 382 g/mol. The van der Waals surface area contributed by atoms with Crippen LogP contribution in [0.5, 0.6) is 5.75 Å². The molecule has 3 aromatic rings. The third-order valence-electron chi connectivity index (χ3n) is 3.47. The Balaban J connectivity index is 1.47. The fourth-order valence-electron chi connectivity index (χ4n) is 2.28. The molecule has 27 heavy (non-hydrogen) atoms. The number of amides is 1. The average Bonchev–Trinajstić information content (AvgIpc) is 3.09. The van der Waals surface area contributed by atoms with Crippen LogP contribution in [0.25, 0.3) is 16.3 Å². The number of rotatable bonds is 7. The second kappa shape index (κ2) is 8.95. The lowest BCUT2D eigenvalue weighted by Crippen LogP contribution is -2.20. The van der Waals surface area contributed by atoms with Gasteiger partial charge in [-0.2, -0.15) is 0 Å². The van der Waals surface area contributed by atoms with Crippen LogP contribution in [0.4, 0.5) is 5.69 Å². The van der Waals surface area contributed by atoms with Crippen molar-refractivity contribution < 1.29 is 19.1 Å². The Morgan fingerprint density at radius 1 is 1.15 bits per heavy atom. The van der Waals surface area contributed by atoms with Crippen molar-refractivity contribution in [2.75, 3.05) is 18.5 Å². The molecule has 0 radical (unpaired) electrons. The van der Waals surface area contributed by atoms with Gasteiger partial charge in [-0.3, -0.25) is 4.79 Å². The number of carbonyl (C=O) groups excluding carboxylic acids is 2. The minimum absolute atomic E-state index is 0.365. The van der Waals surface area contributed by atoms with Crippen LogP contribution < -0.4 is 10.1 Å². The lowest BCUT2D eigenvalue weighted by molar-refractivity contribution is -0.142. The van der Waals surface area contributed by atoms with Gasteiger partial charge in [0.05, 0.1) is 16.8 Å². The predicted molar refractivity (Wildman–Crippen MR) is 106 cm³/mol. The molecule has 0 aliphatic carbocycles. The first-order valence-corrected chi connectivity index (χ1v) is 9.19. The van der Waals surface area contributed by atoms with Gasteiger partial charge in [-0.1, -0.05) is 12.1 Å². The first-order chi connectivity index (χ1) is 13.1. The van der Waals surface area contributed by atoms with Crippen molar-refractivity contribution in [3.8, 4) is 5.75 Å². The summed E-state index contributed by atoms with van der Waals surface area (Å²) in [5.74, 6) is -0.293. The van der Waals surface area contributed by atoms with Gasteiger partial charge in [0.25, 0.3) is 5.91 Å². The zero-order chi connectivity index (χ0) is 19.1. The summed E-state index contributed by atoms with van der Waals surface area (Å²) < 4.78 is 11.3. The van der Waals surface area contributed by atoms with E-state index in [4.69, 9.17) is 9.47 Å². The molecule has 2 aromatic carbocycles. The topological polar surface area (TPSA) is 77.5 Å². The Morgan fingerprint density at radius 3 is 2.67 bits per heavy atom. The van der Waals surface area contributed by atoms with Crippen molar-refractivity contribution in [2.24, 2.45) is 0 Å². The summed E-state index contributed by atoms with van der Waals surface area (Å²) >= 11 is 1.47. The lowest BCUT2D eigenvalue weighted by Gasteiger charge is -2.07. The smallest absolute Gasteiger partial charge is 0.331 e. The maximum absolute atomic E-state index is 11.9. The highest BCUT2D eigenvalue weighted by Crippen LogP contribution is 2.22. The molecule has 0 bridgehead atoms. The molecule has 1 heterocycles. The maximum atomic E-state index is 11.9. The molecule has 0 spiro atoms. The molecule has 0 saturated carbocycles. The van der Waals surface area contributed by atoms with E-state index >= 15 is 0 Å². The highest BCUT2D eigenvalue weighted by Gasteiger charge is 2.07. The zero-order valence-corrected chi connectivity index (χ0v) is 15.5. The monoisotopic (exact) mass is 382 g/mol. The molecular formula is C20H18N2O4S. The van der Waals surface area contributed by atoms with Crippen molar-refractivity contribution in [1.29, 1.82) is 0 Å². The van der Waals surface area contributed by atoms with Gasteiger partial charge in [-0.25, -0.2) is 9.78 Å². The molecule has 0 aliphatic heterocycles. The Labute approximate surface area is 160 Å². The van der Waals surface area contributed by atoms with E-state index in [0.29, 0.717) is 17.3 Å². The number of anilines is 1. The standard InChI is InChI=1S/C20H18N2O4S/c1-2-25-15-9-7-14(8-10-15)21-18(23)13-26-20(24)12-11-19-22-16-5-3-4-6-17(16)27-19/h3-12H,2,13H2,1H3,(H,21,23)/b12-11+. The predicted octanol–water partition coefficient (Wildman–Crippen LogP) is 3.89. The number of hydrogen-bond acceptors (Lipinski definition) is 6. The number of nitrogens with one attached hydrogen (secondary N) is 1. The van der Waals surface area contributed by atoms with Crippen molar-refractivity contribution in [2.45, 2.75) is 6.92 Å². The number of para-hydroxylation sites is 1. The lowest BCUT2D eigenvalue weighted by atomic mass is 10.3. The highest BCUT2D eigenvalue weighted by atomic mass is 32.1. The fraction of sp³-hybridized carbons (Fsp3) is 0.150. The normalized spacial score (nSPS) is 10.9. The largest absolute Gasteiger partial charge is 0.494 e. The molecule has 7 heteroatoms. The second-order valence-electron chi connectivity index (χ2n) is 5.47. The third kappa shape index (κ3) is 5.39. The summed E-state index contributed by atoms with van der Waals surface area (Å²) in [5, 5.41) is 3.35. The van der Waals surface area contributed by atoms with Crippen molar-refractivity contribution in [3.63, 3.8) is 0 Å². The van der Waals surface area contributed by atoms with Gasteiger partial charge >= 0.3 is 5.97 Å². The number of fused-ring (bicyclic) bond motifs is 1. The van der Waals surface area contributed by atoms with Crippen LogP contribution in [0.2, 0.25) is 0 Å². The summed E-state index contributed by atoms with van der Waals surface area (Å²) in [6.07, 6.45) is 2.85. The van der Waals surface area contributed by atoms with Crippen molar-refractivity contribution in [3.05, 3.63) is 59.6 Å². The van der Waals surface area contributed by atoms with Crippen LogP contribution in [-0.2, 0) is 14.3 Å². The van der Waals surface area contributed by atoms with E-state index in [0.717, 1.165) is 16.0 Å². The molecule has 1 amide bonds. The molecule has 0 atom stereocenters. The van der Waals surface area contributed by atoms with Crippen molar-refractivity contribution >= 4 is 45.2 Å². The van der Waals surface area contributed by atoms with E-state index in [9.17, 15) is 9.59 Å². The maximum Gasteiger partial charge on any atom is 0.331 e. The van der Waals surface area contributed by atoms with E-state index in [1.54, 1.807) is 30.3 Å². The number of ether oxygens (including phenoxy) is 2. The van der Waals surface area contributed by atoms with Gasteiger partial charge in [0, 0.05) is 11.8 Å². The zero-order valence-electron chi connectivity index (χ0n) is 14.7. The molecule has 1 N–H and O–H groups in total. The third-order valence-corrected chi connectivity index (χ3v) is 4.47. The van der Waals surface area contributed by atoms with Crippen LogP contribution in [0.15, 0.2) is 54.6 Å². The van der Waals surface area contributed by atoms with E-state index in [2.05, 4.69) is 10.3 Å². The van der Waals surface area contributed by atoms with Crippen LogP contribution in [0.1, 0.15) is 11.9 Å². The molecule has 138 valence electrons. The first-order valence-electron chi connectivity index (χ1n) is 8.37. The van der Waals surface area contributed by atoms with Gasteiger partial charge < -0.3 is 14.8 Å². The number of nitrogens with zero attached hydrogens (tertiary/aromatic N) is 1. The minimum atomic E-state index is -0.601. The summed E-state index contributed by atoms with van der Waals surface area (Å²) in [6, 6.07) is 14.7. The number of esters is 1. The van der Waals surface area contributed by atoms with E-state index in [-0.39, 0.29) is 6.61 Å². The fourth-order valence-corrected chi connectivity index (χ4v) is 3.15. The first kappa shape index (κ1) is 18.6. The number of benzene rings is 2. The molecule has 6 nitrogen and oxygen atoms in total. The molecule has 3 rings (SSSR count). The second-order valence-corrected chi connectivity index (χ2v) is 6.53. The molecule has 0 fully saturated rings. The van der Waals surface area contributed by atoms with Gasteiger partial charge in [0.1, 0.15) is 10.8 Å². The summed E-state index contributed by atoms with van der Waals surface area (Å²) in [4.78, 5) is 28.0.